The highest BCUT2D eigenvalue weighted by Gasteiger charge is 2.21. The summed E-state index contributed by atoms with van der Waals surface area (Å²) in [6, 6.07) is 19.1. The number of carbonyl (C=O) groups is 2. The number of rotatable bonds is 8. The zero-order chi connectivity index (χ0) is 22.1. The molecule has 156 valence electrons. The van der Waals surface area contributed by atoms with E-state index in [1.807, 2.05) is 74.5 Å². The first kappa shape index (κ1) is 22.7. The Labute approximate surface area is 177 Å². The summed E-state index contributed by atoms with van der Waals surface area (Å²) in [6.07, 6.45) is 0.442. The Morgan fingerprint density at radius 3 is 2.30 bits per heavy atom. The second kappa shape index (κ2) is 10.8. The summed E-state index contributed by atoms with van der Waals surface area (Å²) in [5.74, 6) is -1.11. The molecule has 0 aliphatic heterocycles. The fourth-order valence-electron chi connectivity index (χ4n) is 2.75. The van der Waals surface area contributed by atoms with Gasteiger partial charge in [-0.2, -0.15) is 5.26 Å². The maximum atomic E-state index is 12.3. The second-order valence-electron chi connectivity index (χ2n) is 7.26. The maximum absolute atomic E-state index is 12.3. The number of benzene rings is 2. The van der Waals surface area contributed by atoms with Gasteiger partial charge in [0.15, 0.2) is 6.10 Å². The predicted octanol–water partition coefficient (Wildman–Crippen LogP) is 3.51. The molecule has 0 unspecified atom stereocenters. The first-order valence-electron chi connectivity index (χ1n) is 9.74. The fourth-order valence-corrected chi connectivity index (χ4v) is 2.75. The van der Waals surface area contributed by atoms with Crippen molar-refractivity contribution in [2.24, 2.45) is 0 Å². The molecule has 0 fully saturated rings. The van der Waals surface area contributed by atoms with Crippen molar-refractivity contribution >= 4 is 23.6 Å². The molecule has 2 aromatic carbocycles. The van der Waals surface area contributed by atoms with Gasteiger partial charge in [-0.15, -0.1) is 0 Å². The molecule has 0 saturated heterocycles. The molecule has 1 amide bonds. The Morgan fingerprint density at radius 1 is 1.10 bits per heavy atom. The Bertz CT molecular complexity index is 928. The van der Waals surface area contributed by atoms with E-state index in [0.717, 1.165) is 11.3 Å². The van der Waals surface area contributed by atoms with Gasteiger partial charge in [0.05, 0.1) is 0 Å². The summed E-state index contributed by atoms with van der Waals surface area (Å²) in [4.78, 5) is 26.6. The van der Waals surface area contributed by atoms with Crippen LogP contribution in [0.5, 0.6) is 0 Å². The van der Waals surface area contributed by atoms with Gasteiger partial charge >= 0.3 is 5.97 Å². The molecule has 0 heterocycles. The molecular formula is C24H27N3O3. The van der Waals surface area contributed by atoms with Gasteiger partial charge in [-0.05, 0) is 42.2 Å². The van der Waals surface area contributed by atoms with Crippen LogP contribution < -0.4 is 10.2 Å². The molecule has 30 heavy (non-hydrogen) atoms. The van der Waals surface area contributed by atoms with Gasteiger partial charge in [0.25, 0.3) is 5.91 Å². The smallest absolute Gasteiger partial charge is 0.349 e. The lowest BCUT2D eigenvalue weighted by atomic mass is 10.0. The lowest BCUT2D eigenvalue weighted by molar-refractivity contribution is -0.150. The highest BCUT2D eigenvalue weighted by atomic mass is 16.5. The summed E-state index contributed by atoms with van der Waals surface area (Å²) in [6.45, 7) is 3.91. The number of ether oxygens (including phenoxy) is 1. The summed E-state index contributed by atoms with van der Waals surface area (Å²) >= 11 is 0. The second-order valence-corrected chi connectivity index (χ2v) is 7.26. The number of nitrogens with zero attached hydrogens (tertiary/aromatic N) is 2. The first-order valence-corrected chi connectivity index (χ1v) is 9.74. The van der Waals surface area contributed by atoms with Gasteiger partial charge in [0.2, 0.25) is 0 Å². The van der Waals surface area contributed by atoms with Crippen LogP contribution in [0.2, 0.25) is 0 Å². The minimum atomic E-state index is -1.01. The van der Waals surface area contributed by atoms with Crippen LogP contribution in [0.1, 0.15) is 30.9 Å². The molecule has 0 aromatic heterocycles. The largest absolute Gasteiger partial charge is 0.448 e. The quantitative estimate of drug-likeness (QED) is 0.413. The highest BCUT2D eigenvalue weighted by molar-refractivity contribution is 5.99. The van der Waals surface area contributed by atoms with E-state index in [0.29, 0.717) is 12.1 Å². The van der Waals surface area contributed by atoms with E-state index in [2.05, 4.69) is 5.32 Å². The summed E-state index contributed by atoms with van der Waals surface area (Å²) < 4.78 is 5.19. The van der Waals surface area contributed by atoms with Gasteiger partial charge in [0.1, 0.15) is 11.6 Å². The number of amides is 1. The standard InChI is InChI=1S/C24H27N3O3/c1-17(20-8-6-5-7-9-20)16-26-23(28)18(2)30-24(29)21(15-25)14-19-10-12-22(13-11-19)27(3)4/h5-14,17-18H,16H2,1-4H3,(H,26,28)/b21-14+/t17-,18+/m1/s1. The molecule has 0 spiro atoms. The molecule has 2 rings (SSSR count). The molecular weight excluding hydrogens is 378 g/mol. The zero-order valence-corrected chi connectivity index (χ0v) is 17.8. The number of hydrogen-bond donors (Lipinski definition) is 1. The molecule has 0 aliphatic carbocycles. The van der Waals surface area contributed by atoms with Gasteiger partial charge in [-0.1, -0.05) is 49.4 Å². The first-order chi connectivity index (χ1) is 14.3. The van der Waals surface area contributed by atoms with E-state index in [1.165, 1.54) is 13.0 Å². The topological polar surface area (TPSA) is 82.4 Å². The lowest BCUT2D eigenvalue weighted by Crippen LogP contribution is -2.37. The van der Waals surface area contributed by atoms with E-state index >= 15 is 0 Å². The monoisotopic (exact) mass is 405 g/mol. The molecule has 2 aromatic rings. The summed E-state index contributed by atoms with van der Waals surface area (Å²) in [5, 5.41) is 12.1. The van der Waals surface area contributed by atoms with Crippen molar-refractivity contribution in [2.75, 3.05) is 25.5 Å². The summed E-state index contributed by atoms with van der Waals surface area (Å²) in [5.41, 5.74) is 2.65. The third-order valence-electron chi connectivity index (χ3n) is 4.66. The van der Waals surface area contributed by atoms with E-state index < -0.39 is 18.0 Å². The van der Waals surface area contributed by atoms with E-state index in [1.54, 1.807) is 12.1 Å². The van der Waals surface area contributed by atoms with Crippen LogP contribution in [-0.4, -0.2) is 38.6 Å². The van der Waals surface area contributed by atoms with Crippen LogP contribution in [0.4, 0.5) is 5.69 Å². The number of anilines is 1. The van der Waals surface area contributed by atoms with Crippen LogP contribution in [0, 0.1) is 11.3 Å². The molecule has 1 N–H and O–H groups in total. The molecule has 0 bridgehead atoms. The Kier molecular flexibility index (Phi) is 8.18. The minimum Gasteiger partial charge on any atom is -0.448 e. The SMILES string of the molecule is C[C@H](OC(=O)/C(C#N)=C/c1ccc(N(C)C)cc1)C(=O)NC[C@@H](C)c1ccccc1. The van der Waals surface area contributed by atoms with Crippen molar-refractivity contribution in [3.63, 3.8) is 0 Å². The lowest BCUT2D eigenvalue weighted by Gasteiger charge is -2.16. The molecule has 0 aliphatic rings. The van der Waals surface area contributed by atoms with Gasteiger partial charge in [-0.3, -0.25) is 4.79 Å². The Hall–Kier alpha value is -3.59. The summed E-state index contributed by atoms with van der Waals surface area (Å²) in [7, 11) is 3.85. The van der Waals surface area contributed by atoms with Crippen molar-refractivity contribution in [2.45, 2.75) is 25.9 Å². The molecule has 6 nitrogen and oxygen atoms in total. The maximum Gasteiger partial charge on any atom is 0.349 e. The van der Waals surface area contributed by atoms with Crippen LogP contribution in [-0.2, 0) is 14.3 Å². The average molecular weight is 405 g/mol. The van der Waals surface area contributed by atoms with Crippen molar-refractivity contribution in [3.05, 3.63) is 71.3 Å². The van der Waals surface area contributed by atoms with E-state index in [-0.39, 0.29) is 11.5 Å². The van der Waals surface area contributed by atoms with Crippen LogP contribution in [0.15, 0.2) is 60.2 Å². The van der Waals surface area contributed by atoms with Gasteiger partial charge < -0.3 is 15.0 Å². The zero-order valence-electron chi connectivity index (χ0n) is 17.8. The fraction of sp³-hybridized carbons (Fsp3) is 0.292. The van der Waals surface area contributed by atoms with Gasteiger partial charge in [-0.25, -0.2) is 4.79 Å². The Morgan fingerprint density at radius 2 is 1.73 bits per heavy atom. The third kappa shape index (κ3) is 6.49. The normalized spacial score (nSPS) is 13.0. The van der Waals surface area contributed by atoms with Crippen molar-refractivity contribution in [1.29, 1.82) is 5.26 Å². The molecule has 0 saturated carbocycles. The van der Waals surface area contributed by atoms with Crippen LogP contribution >= 0.6 is 0 Å². The van der Waals surface area contributed by atoms with E-state index in [4.69, 9.17) is 4.74 Å². The van der Waals surface area contributed by atoms with Crippen molar-refractivity contribution in [1.82, 2.24) is 5.32 Å². The number of nitriles is 1. The number of carbonyl (C=O) groups excluding carboxylic acids is 2. The Balaban J connectivity index is 1.93. The minimum absolute atomic E-state index is 0.123. The highest BCUT2D eigenvalue weighted by Crippen LogP contribution is 2.16. The predicted molar refractivity (Wildman–Crippen MR) is 118 cm³/mol. The number of hydrogen-bond acceptors (Lipinski definition) is 5. The molecule has 6 heteroatoms. The van der Waals surface area contributed by atoms with Crippen LogP contribution in [0.3, 0.4) is 0 Å². The number of nitrogens with one attached hydrogen (secondary N) is 1. The van der Waals surface area contributed by atoms with Crippen LogP contribution in [0.25, 0.3) is 6.08 Å². The van der Waals surface area contributed by atoms with Gasteiger partial charge in [0, 0.05) is 26.3 Å². The average Bonchev–Trinajstić information content (AvgIpc) is 2.76. The van der Waals surface area contributed by atoms with E-state index in [9.17, 15) is 14.9 Å². The van der Waals surface area contributed by atoms with Crippen molar-refractivity contribution in [3.8, 4) is 6.07 Å². The molecule has 2 atom stereocenters. The molecule has 0 radical (unpaired) electrons. The van der Waals surface area contributed by atoms with Crippen molar-refractivity contribution < 1.29 is 14.3 Å². The number of esters is 1. The third-order valence-corrected chi connectivity index (χ3v) is 4.66.